The zero-order valence-corrected chi connectivity index (χ0v) is 14.0. The van der Waals surface area contributed by atoms with E-state index in [0.29, 0.717) is 38.9 Å². The van der Waals surface area contributed by atoms with Crippen LogP contribution in [-0.2, 0) is 16.1 Å². The molecule has 1 fully saturated rings. The molecule has 3 N–H and O–H groups in total. The number of nitrogens with one attached hydrogen (secondary N) is 1. The maximum Gasteiger partial charge on any atom is 0.245 e. The lowest BCUT2D eigenvalue weighted by Gasteiger charge is -2.29. The number of amides is 2. The molecule has 0 radical (unpaired) electrons. The molecule has 0 spiro atoms. The van der Waals surface area contributed by atoms with Crippen molar-refractivity contribution < 1.29 is 9.59 Å². The van der Waals surface area contributed by atoms with Crippen LogP contribution in [0.25, 0.3) is 0 Å². The summed E-state index contributed by atoms with van der Waals surface area (Å²) < 4.78 is 0. The van der Waals surface area contributed by atoms with Gasteiger partial charge in [-0.1, -0.05) is 44.2 Å². The molecule has 1 aromatic rings. The van der Waals surface area contributed by atoms with Crippen molar-refractivity contribution in [3.8, 4) is 0 Å². The lowest BCUT2D eigenvalue weighted by Crippen LogP contribution is -2.50. The highest BCUT2D eigenvalue weighted by Gasteiger charge is 2.38. The second kappa shape index (κ2) is 7.59. The molecule has 2 amide bonds. The van der Waals surface area contributed by atoms with Gasteiger partial charge in [-0.2, -0.15) is 0 Å². The standard InChI is InChI=1S/C18H27N3O2/c1-3-18(4-2,13-19)17(23)20-15-10-11-21(16(15)22)12-14-8-6-5-7-9-14/h5-9,15H,3-4,10-13,19H2,1-2H3,(H,20,23). The van der Waals surface area contributed by atoms with Gasteiger partial charge in [-0.15, -0.1) is 0 Å². The molecule has 5 heteroatoms. The maximum atomic E-state index is 12.6. The molecule has 1 aliphatic heterocycles. The Morgan fingerprint density at radius 2 is 1.96 bits per heavy atom. The molecule has 1 unspecified atom stereocenters. The van der Waals surface area contributed by atoms with Gasteiger partial charge in [-0.3, -0.25) is 9.59 Å². The summed E-state index contributed by atoms with van der Waals surface area (Å²) in [7, 11) is 0. The number of hydrogen-bond acceptors (Lipinski definition) is 3. The Morgan fingerprint density at radius 1 is 1.30 bits per heavy atom. The van der Waals surface area contributed by atoms with E-state index in [9.17, 15) is 9.59 Å². The molecule has 1 aromatic carbocycles. The van der Waals surface area contributed by atoms with Crippen LogP contribution < -0.4 is 11.1 Å². The van der Waals surface area contributed by atoms with Crippen molar-refractivity contribution in [3.05, 3.63) is 35.9 Å². The third-order valence-corrected chi connectivity index (χ3v) is 5.05. The summed E-state index contributed by atoms with van der Waals surface area (Å²) in [5.41, 5.74) is 6.35. The van der Waals surface area contributed by atoms with Gasteiger partial charge < -0.3 is 16.0 Å². The van der Waals surface area contributed by atoms with Crippen LogP contribution >= 0.6 is 0 Å². The second-order valence-electron chi connectivity index (χ2n) is 6.25. The van der Waals surface area contributed by atoms with Gasteiger partial charge in [0.05, 0.1) is 5.41 Å². The first-order valence-corrected chi connectivity index (χ1v) is 8.40. The Balaban J connectivity index is 1.98. The van der Waals surface area contributed by atoms with E-state index in [4.69, 9.17) is 5.73 Å². The molecule has 2 rings (SSSR count). The molecule has 1 atom stereocenters. The van der Waals surface area contributed by atoms with E-state index in [1.807, 2.05) is 49.1 Å². The molecule has 1 heterocycles. The van der Waals surface area contributed by atoms with Gasteiger partial charge in [0.15, 0.2) is 0 Å². The molecule has 0 aromatic heterocycles. The Kier molecular flexibility index (Phi) is 5.77. The van der Waals surface area contributed by atoms with Crippen LogP contribution in [0.5, 0.6) is 0 Å². The summed E-state index contributed by atoms with van der Waals surface area (Å²) in [5.74, 6) is -0.0924. The van der Waals surface area contributed by atoms with Gasteiger partial charge in [0.1, 0.15) is 6.04 Å². The van der Waals surface area contributed by atoms with Gasteiger partial charge in [0, 0.05) is 19.6 Å². The van der Waals surface area contributed by atoms with E-state index in [1.165, 1.54) is 0 Å². The average Bonchev–Trinajstić information content (AvgIpc) is 2.91. The highest BCUT2D eigenvalue weighted by Crippen LogP contribution is 2.26. The van der Waals surface area contributed by atoms with E-state index >= 15 is 0 Å². The number of hydrogen-bond donors (Lipinski definition) is 2. The van der Waals surface area contributed by atoms with Gasteiger partial charge in [-0.05, 0) is 24.8 Å². The maximum absolute atomic E-state index is 12.6. The van der Waals surface area contributed by atoms with Crippen LogP contribution in [0.1, 0.15) is 38.7 Å². The normalized spacial score (nSPS) is 18.3. The van der Waals surface area contributed by atoms with Crippen LogP contribution in [0, 0.1) is 5.41 Å². The summed E-state index contributed by atoms with van der Waals surface area (Å²) in [5, 5.41) is 2.93. The summed E-state index contributed by atoms with van der Waals surface area (Å²) in [6, 6.07) is 9.48. The van der Waals surface area contributed by atoms with Crippen LogP contribution in [0.15, 0.2) is 30.3 Å². The number of nitrogens with two attached hydrogens (primary N) is 1. The molecular formula is C18H27N3O2. The summed E-state index contributed by atoms with van der Waals surface area (Å²) in [4.78, 5) is 26.9. The van der Waals surface area contributed by atoms with E-state index < -0.39 is 11.5 Å². The van der Waals surface area contributed by atoms with Gasteiger partial charge in [0.25, 0.3) is 0 Å². The third-order valence-electron chi connectivity index (χ3n) is 5.05. The van der Waals surface area contributed by atoms with Gasteiger partial charge in [-0.25, -0.2) is 0 Å². The number of nitrogens with zero attached hydrogens (tertiary/aromatic N) is 1. The quantitative estimate of drug-likeness (QED) is 0.803. The number of rotatable bonds is 7. The van der Waals surface area contributed by atoms with E-state index in [1.54, 1.807) is 0 Å². The average molecular weight is 317 g/mol. The number of carbonyl (C=O) groups excluding carboxylic acids is 2. The second-order valence-corrected chi connectivity index (χ2v) is 6.25. The van der Waals surface area contributed by atoms with E-state index in [-0.39, 0.29) is 11.8 Å². The van der Waals surface area contributed by atoms with Crippen molar-refractivity contribution in [1.29, 1.82) is 0 Å². The molecular weight excluding hydrogens is 290 g/mol. The fourth-order valence-electron chi connectivity index (χ4n) is 3.10. The predicted molar refractivity (Wildman–Crippen MR) is 90.5 cm³/mol. The molecule has 126 valence electrons. The lowest BCUT2D eigenvalue weighted by molar-refractivity contribution is -0.137. The van der Waals surface area contributed by atoms with Crippen LogP contribution in [0.4, 0.5) is 0 Å². The molecule has 1 aliphatic rings. The Hall–Kier alpha value is -1.88. The zero-order chi connectivity index (χ0) is 16.9. The highest BCUT2D eigenvalue weighted by molar-refractivity contribution is 5.91. The van der Waals surface area contributed by atoms with Crippen molar-refractivity contribution in [2.75, 3.05) is 13.1 Å². The van der Waals surface area contributed by atoms with Crippen LogP contribution in [0.2, 0.25) is 0 Å². The van der Waals surface area contributed by atoms with E-state index in [2.05, 4.69) is 5.32 Å². The minimum Gasteiger partial charge on any atom is -0.344 e. The van der Waals surface area contributed by atoms with Crippen molar-refractivity contribution in [1.82, 2.24) is 10.2 Å². The number of likely N-dealkylation sites (tertiary alicyclic amines) is 1. The first-order valence-electron chi connectivity index (χ1n) is 8.40. The van der Waals surface area contributed by atoms with Crippen molar-refractivity contribution in [3.63, 3.8) is 0 Å². The number of carbonyl (C=O) groups is 2. The van der Waals surface area contributed by atoms with Crippen molar-refractivity contribution in [2.24, 2.45) is 11.1 Å². The third kappa shape index (κ3) is 3.72. The van der Waals surface area contributed by atoms with E-state index in [0.717, 1.165) is 5.56 Å². The van der Waals surface area contributed by atoms with Crippen molar-refractivity contribution in [2.45, 2.75) is 45.7 Å². The smallest absolute Gasteiger partial charge is 0.245 e. The monoisotopic (exact) mass is 317 g/mol. The summed E-state index contributed by atoms with van der Waals surface area (Å²) in [6.07, 6.45) is 2.02. The van der Waals surface area contributed by atoms with Crippen LogP contribution in [-0.4, -0.2) is 35.8 Å². The van der Waals surface area contributed by atoms with Crippen molar-refractivity contribution >= 4 is 11.8 Å². The first kappa shape index (κ1) is 17.5. The SMILES string of the molecule is CCC(CC)(CN)C(=O)NC1CCN(Cc2ccccc2)C1=O. The fourth-order valence-corrected chi connectivity index (χ4v) is 3.10. The molecule has 0 bridgehead atoms. The Bertz CT molecular complexity index is 532. The molecule has 0 saturated carbocycles. The highest BCUT2D eigenvalue weighted by atomic mass is 16.2. The Labute approximate surface area is 138 Å². The largest absolute Gasteiger partial charge is 0.344 e. The zero-order valence-electron chi connectivity index (χ0n) is 14.0. The summed E-state index contributed by atoms with van der Waals surface area (Å²) in [6.45, 7) is 5.50. The predicted octanol–water partition coefficient (Wildman–Crippen LogP) is 1.67. The minimum absolute atomic E-state index is 0.000306. The molecule has 1 saturated heterocycles. The van der Waals surface area contributed by atoms with Crippen LogP contribution in [0.3, 0.4) is 0 Å². The van der Waals surface area contributed by atoms with Gasteiger partial charge in [0.2, 0.25) is 11.8 Å². The minimum atomic E-state index is -0.562. The topological polar surface area (TPSA) is 75.4 Å². The number of benzene rings is 1. The first-order chi connectivity index (χ1) is 11.1. The fraction of sp³-hybridized carbons (Fsp3) is 0.556. The molecule has 23 heavy (non-hydrogen) atoms. The lowest BCUT2D eigenvalue weighted by atomic mass is 9.81. The molecule has 0 aliphatic carbocycles. The Morgan fingerprint density at radius 3 is 2.52 bits per heavy atom. The summed E-state index contributed by atoms with van der Waals surface area (Å²) >= 11 is 0. The van der Waals surface area contributed by atoms with Gasteiger partial charge >= 0.3 is 0 Å². The molecule has 5 nitrogen and oxygen atoms in total.